The number of esters is 1. The van der Waals surface area contributed by atoms with Crippen LogP contribution in [-0.4, -0.2) is 71.9 Å². The van der Waals surface area contributed by atoms with E-state index in [2.05, 4.69) is 25.4 Å². The second-order valence-corrected chi connectivity index (χ2v) is 14.5. The van der Waals surface area contributed by atoms with Crippen molar-refractivity contribution in [1.29, 1.82) is 0 Å². The number of ketones is 1. The summed E-state index contributed by atoms with van der Waals surface area (Å²) in [4.78, 5) is 68.2. The highest BCUT2D eigenvalue weighted by atomic mass is 19.4. The highest BCUT2D eigenvalue weighted by molar-refractivity contribution is 6.07. The Morgan fingerprint density at radius 2 is 1.72 bits per heavy atom. The third-order valence-electron chi connectivity index (χ3n) is 11.0. The van der Waals surface area contributed by atoms with Gasteiger partial charge in [-0.25, -0.2) is 15.0 Å². The van der Waals surface area contributed by atoms with Gasteiger partial charge in [-0.05, 0) is 80.3 Å². The van der Waals surface area contributed by atoms with E-state index in [1.165, 1.54) is 29.5 Å². The molecule has 4 aromatic rings. The fourth-order valence-electron chi connectivity index (χ4n) is 8.10. The predicted octanol–water partition coefficient (Wildman–Crippen LogP) is 6.02. The maximum absolute atomic E-state index is 14.5. The number of ether oxygens (including phenoxy) is 1. The second kappa shape index (κ2) is 13.6. The van der Waals surface area contributed by atoms with Gasteiger partial charge in [0.25, 0.3) is 0 Å². The van der Waals surface area contributed by atoms with Gasteiger partial charge in [0.1, 0.15) is 35.6 Å². The van der Waals surface area contributed by atoms with Crippen LogP contribution in [0, 0.1) is 25.2 Å². The van der Waals surface area contributed by atoms with Crippen molar-refractivity contribution in [2.75, 3.05) is 11.9 Å². The third kappa shape index (κ3) is 6.77. The molecule has 3 aromatic heterocycles. The molecule has 12 nitrogen and oxygen atoms in total. The summed E-state index contributed by atoms with van der Waals surface area (Å²) in [5.74, 6) is -1.59. The van der Waals surface area contributed by atoms with E-state index in [-0.39, 0.29) is 55.2 Å². The van der Waals surface area contributed by atoms with Crippen molar-refractivity contribution in [3.63, 3.8) is 0 Å². The number of benzene rings is 1. The van der Waals surface area contributed by atoms with E-state index in [9.17, 15) is 32.3 Å². The molecule has 7 rings (SSSR count). The van der Waals surface area contributed by atoms with Gasteiger partial charge in [0, 0.05) is 48.1 Å². The molecular weight excluding hydrogens is 691 g/mol. The van der Waals surface area contributed by atoms with Crippen LogP contribution in [0.1, 0.15) is 85.5 Å². The Hall–Kier alpha value is -5.21. The summed E-state index contributed by atoms with van der Waals surface area (Å²) < 4.78 is 47.9. The molecule has 15 heteroatoms. The summed E-state index contributed by atoms with van der Waals surface area (Å²) in [7, 11) is 0. The van der Waals surface area contributed by atoms with Gasteiger partial charge in [0.05, 0.1) is 12.1 Å². The number of aromatic nitrogens is 5. The summed E-state index contributed by atoms with van der Waals surface area (Å²) in [6.45, 7) is 6.35. The fourth-order valence-corrected chi connectivity index (χ4v) is 8.10. The molecule has 0 radical (unpaired) electrons. The number of carbonyl (C=O) groups excluding carboxylic acids is 4. The molecule has 2 fully saturated rings. The molecule has 4 atom stereocenters. The smallest absolute Gasteiger partial charge is 0.433 e. The number of piperidine rings is 1. The lowest BCUT2D eigenvalue weighted by Crippen LogP contribution is -2.47. The molecule has 5 heterocycles. The summed E-state index contributed by atoms with van der Waals surface area (Å²) >= 11 is 0. The molecule has 1 N–H and O–H groups in total. The molecule has 1 saturated carbocycles. The van der Waals surface area contributed by atoms with Crippen molar-refractivity contribution >= 4 is 40.3 Å². The number of carbonyl (C=O) groups is 4. The van der Waals surface area contributed by atoms with Crippen LogP contribution in [0.3, 0.4) is 0 Å². The number of aryl methyl sites for hydroxylation is 3. The number of alkyl halides is 3. The number of nitrogens with zero attached hydrogens (tertiary/aromatic N) is 6. The summed E-state index contributed by atoms with van der Waals surface area (Å²) in [6.07, 6.45) is 2.69. The minimum Gasteiger partial charge on any atom is -0.465 e. The summed E-state index contributed by atoms with van der Waals surface area (Å²) in [5.41, 5.74) is 1.67. The SMILES string of the molecule is CC(=O)c1nn2c3c(cc(-c4cnc(C)nc4)cc13)CCCCCCC(=O)OC[C@@]13C[C@@H](C(=O)Nc4nc(C(F)(F)F)ccc4C)N(C(=O)C2)C1C3C. The van der Waals surface area contributed by atoms with Crippen LogP contribution in [0.4, 0.5) is 19.0 Å². The van der Waals surface area contributed by atoms with E-state index < -0.39 is 41.2 Å². The summed E-state index contributed by atoms with van der Waals surface area (Å²) in [5, 5.41) is 7.79. The molecule has 2 amide bonds. The molecular formula is C38H40F3N7O5. The monoisotopic (exact) mass is 731 g/mol. The average Bonchev–Trinajstić information content (AvgIpc) is 3.37. The van der Waals surface area contributed by atoms with Crippen molar-refractivity contribution in [1.82, 2.24) is 29.6 Å². The van der Waals surface area contributed by atoms with Gasteiger partial charge in [0.15, 0.2) is 5.78 Å². The first-order valence-electron chi connectivity index (χ1n) is 17.8. The predicted molar refractivity (Wildman–Crippen MR) is 186 cm³/mol. The number of Topliss-reactive ketones (excluding diaryl/α,β-unsaturated/α-hetero) is 1. The Kier molecular flexibility index (Phi) is 9.31. The molecule has 1 aliphatic carbocycles. The van der Waals surface area contributed by atoms with Crippen molar-refractivity contribution < 1.29 is 37.1 Å². The van der Waals surface area contributed by atoms with Gasteiger partial charge >= 0.3 is 12.1 Å². The minimum atomic E-state index is -4.73. The Labute approximate surface area is 303 Å². The lowest BCUT2D eigenvalue weighted by molar-refractivity contribution is -0.146. The number of pyridine rings is 1. The van der Waals surface area contributed by atoms with Crippen LogP contribution in [0.15, 0.2) is 36.7 Å². The molecule has 1 aromatic carbocycles. The first kappa shape index (κ1) is 36.2. The maximum atomic E-state index is 14.5. The maximum Gasteiger partial charge on any atom is 0.433 e. The van der Waals surface area contributed by atoms with Gasteiger partial charge in [-0.3, -0.25) is 23.9 Å². The number of halogens is 3. The number of cyclic esters (lactones) is 1. The standard InChI is InChI=1S/C38H40F3N7O5/c1-20-11-12-29(38(39,40)41)44-35(20)45-36(52)28-15-37-19-53-31(51)10-8-6-5-7-9-24-13-25(26-16-42-23(4)43-17-26)14-27-32(22(3)49)46-47(33(24)27)18-30(50)48(28)34(37)21(37)2/h11-14,16-17,21,28,34H,5-10,15,18-19H2,1-4H3,(H,44,45,52)/t21?,28-,34?,37+/m0/s1. The first-order chi connectivity index (χ1) is 25.2. The normalized spacial score (nSPS) is 23.7. The zero-order valence-corrected chi connectivity index (χ0v) is 29.9. The Bertz CT molecular complexity index is 2130. The van der Waals surface area contributed by atoms with Gasteiger partial charge < -0.3 is 15.0 Å². The molecule has 278 valence electrons. The number of hydrogen-bond acceptors (Lipinski definition) is 9. The molecule has 1 saturated heterocycles. The third-order valence-corrected chi connectivity index (χ3v) is 11.0. The highest BCUT2D eigenvalue weighted by Gasteiger charge is 2.73. The van der Waals surface area contributed by atoms with E-state index in [0.29, 0.717) is 35.1 Å². The van der Waals surface area contributed by atoms with E-state index in [1.54, 1.807) is 19.3 Å². The van der Waals surface area contributed by atoms with Crippen LogP contribution in [-0.2, 0) is 38.3 Å². The average molecular weight is 732 g/mol. The van der Waals surface area contributed by atoms with Gasteiger partial charge in [0.2, 0.25) is 11.8 Å². The molecule has 2 unspecified atom stereocenters. The quantitative estimate of drug-likeness (QED) is 0.196. The largest absolute Gasteiger partial charge is 0.465 e. The Morgan fingerprint density at radius 3 is 2.42 bits per heavy atom. The Morgan fingerprint density at radius 1 is 1.00 bits per heavy atom. The zero-order chi connectivity index (χ0) is 37.8. The number of rotatable bonds is 4. The lowest BCUT2D eigenvalue weighted by Gasteiger charge is -2.28. The van der Waals surface area contributed by atoms with Crippen molar-refractivity contribution in [3.05, 3.63) is 65.0 Å². The van der Waals surface area contributed by atoms with Gasteiger partial charge in [-0.2, -0.15) is 18.3 Å². The zero-order valence-electron chi connectivity index (χ0n) is 29.9. The highest BCUT2D eigenvalue weighted by Crippen LogP contribution is 2.64. The van der Waals surface area contributed by atoms with Crippen molar-refractivity contribution in [3.8, 4) is 11.1 Å². The van der Waals surface area contributed by atoms with E-state index in [4.69, 9.17) is 4.74 Å². The minimum absolute atomic E-state index is 0.000891. The van der Waals surface area contributed by atoms with Crippen LogP contribution in [0.2, 0.25) is 0 Å². The topological polar surface area (TPSA) is 149 Å². The van der Waals surface area contributed by atoms with E-state index in [0.717, 1.165) is 42.0 Å². The van der Waals surface area contributed by atoms with Crippen LogP contribution in [0.25, 0.3) is 22.0 Å². The first-order valence-corrected chi connectivity index (χ1v) is 17.8. The number of anilines is 1. The number of nitrogens with one attached hydrogen (secondary N) is 1. The van der Waals surface area contributed by atoms with Crippen LogP contribution in [0.5, 0.6) is 0 Å². The fraction of sp³-hybridized carbons (Fsp3) is 0.474. The van der Waals surface area contributed by atoms with Gasteiger partial charge in [-0.1, -0.05) is 25.8 Å². The molecule has 53 heavy (non-hydrogen) atoms. The molecule has 0 spiro atoms. The number of hydrogen-bond donors (Lipinski definition) is 1. The molecule has 2 aliphatic heterocycles. The van der Waals surface area contributed by atoms with Crippen LogP contribution < -0.4 is 5.32 Å². The lowest BCUT2D eigenvalue weighted by atomic mass is 9.96. The Balaban J connectivity index is 1.30. The summed E-state index contributed by atoms with van der Waals surface area (Å²) in [6, 6.07) is 4.34. The number of amides is 2. The molecule has 2 bridgehead atoms. The van der Waals surface area contributed by atoms with Crippen molar-refractivity contribution in [2.45, 2.75) is 97.4 Å². The van der Waals surface area contributed by atoms with E-state index >= 15 is 0 Å². The van der Waals surface area contributed by atoms with Crippen LogP contribution >= 0.6 is 0 Å². The molecule has 3 aliphatic rings. The van der Waals surface area contributed by atoms with Crippen molar-refractivity contribution in [2.24, 2.45) is 11.3 Å². The van der Waals surface area contributed by atoms with E-state index in [1.807, 2.05) is 19.1 Å². The second-order valence-electron chi connectivity index (χ2n) is 14.5. The van der Waals surface area contributed by atoms with Gasteiger partial charge in [-0.15, -0.1) is 0 Å².